The molecule has 1 aliphatic heterocycles. The molecule has 2 atom stereocenters. The van der Waals surface area contributed by atoms with Gasteiger partial charge in [-0.25, -0.2) is 18.7 Å². The quantitative estimate of drug-likeness (QED) is 0.674. The van der Waals surface area contributed by atoms with Crippen molar-refractivity contribution in [2.45, 2.75) is 38.5 Å². The lowest BCUT2D eigenvalue weighted by Gasteiger charge is -2.24. The molecule has 0 bridgehead atoms. The Morgan fingerprint density at radius 3 is 2.71 bits per heavy atom. The van der Waals surface area contributed by atoms with Gasteiger partial charge in [0, 0.05) is 22.6 Å². The molecule has 3 rings (SSSR count). The molecule has 0 spiro atoms. The van der Waals surface area contributed by atoms with Gasteiger partial charge in [0.15, 0.2) is 23.4 Å². The molecular formula is C21H23F2N5O2S. The van der Waals surface area contributed by atoms with Gasteiger partial charge in [-0.1, -0.05) is 38.5 Å². The van der Waals surface area contributed by atoms with Crippen LogP contribution in [0.15, 0.2) is 29.5 Å². The Bertz CT molecular complexity index is 992. The maximum Gasteiger partial charge on any atom is 0.275 e. The topological polar surface area (TPSA) is 102 Å². The van der Waals surface area contributed by atoms with E-state index in [0.717, 1.165) is 6.07 Å². The molecule has 1 aromatic carbocycles. The van der Waals surface area contributed by atoms with Crippen molar-refractivity contribution in [3.63, 3.8) is 0 Å². The van der Waals surface area contributed by atoms with Crippen molar-refractivity contribution in [2.75, 3.05) is 11.9 Å². The van der Waals surface area contributed by atoms with Gasteiger partial charge >= 0.3 is 0 Å². The number of carbonyl (C=O) groups excluding carboxylic acids is 1. The monoisotopic (exact) mass is 447 g/mol. The predicted molar refractivity (Wildman–Crippen MR) is 118 cm³/mol. The highest BCUT2D eigenvalue weighted by Gasteiger charge is 2.26. The van der Waals surface area contributed by atoms with Crippen molar-refractivity contribution in [2.24, 2.45) is 10.7 Å². The van der Waals surface area contributed by atoms with Gasteiger partial charge in [-0.3, -0.25) is 9.79 Å². The maximum absolute atomic E-state index is 14.4. The van der Waals surface area contributed by atoms with Crippen LogP contribution in [0.3, 0.4) is 0 Å². The third-order valence-electron chi connectivity index (χ3n) is 4.00. The summed E-state index contributed by atoms with van der Waals surface area (Å²) in [6.07, 6.45) is 8.00. The summed E-state index contributed by atoms with van der Waals surface area (Å²) in [5.41, 5.74) is 5.83. The van der Waals surface area contributed by atoms with Crippen LogP contribution < -0.4 is 15.8 Å². The number of carbonyl (C=O) groups is 1. The first-order valence-corrected chi connectivity index (χ1v) is 10.4. The predicted octanol–water partition coefficient (Wildman–Crippen LogP) is 3.93. The largest absolute Gasteiger partial charge is 0.463 e. The number of amidine groups is 1. The van der Waals surface area contributed by atoms with E-state index in [4.69, 9.17) is 16.9 Å². The number of ether oxygens (including phenoxy) is 1. The lowest BCUT2D eigenvalue weighted by atomic mass is 10.0. The van der Waals surface area contributed by atoms with Gasteiger partial charge in [-0.05, 0) is 12.5 Å². The van der Waals surface area contributed by atoms with Crippen LogP contribution in [0, 0.1) is 24.0 Å². The zero-order valence-electron chi connectivity index (χ0n) is 17.4. The molecule has 3 N–H and O–H groups in total. The van der Waals surface area contributed by atoms with Crippen LogP contribution in [-0.4, -0.2) is 32.9 Å². The van der Waals surface area contributed by atoms with Crippen molar-refractivity contribution in [1.82, 2.24) is 9.97 Å². The summed E-state index contributed by atoms with van der Waals surface area (Å²) >= 11 is 1.37. The van der Waals surface area contributed by atoms with E-state index in [1.165, 1.54) is 30.2 Å². The van der Waals surface area contributed by atoms with Gasteiger partial charge in [0.1, 0.15) is 5.69 Å². The second-order valence-corrected chi connectivity index (χ2v) is 7.65. The van der Waals surface area contributed by atoms with E-state index in [1.807, 2.05) is 20.8 Å². The van der Waals surface area contributed by atoms with Gasteiger partial charge < -0.3 is 15.8 Å². The van der Waals surface area contributed by atoms with Crippen LogP contribution in [0.25, 0.3) is 0 Å². The molecule has 0 fully saturated rings. The highest BCUT2D eigenvalue weighted by Crippen LogP contribution is 2.36. The number of aliphatic imine (C=N–C) groups is 1. The first-order valence-electron chi connectivity index (χ1n) is 9.56. The zero-order chi connectivity index (χ0) is 23.0. The molecule has 164 valence electrons. The van der Waals surface area contributed by atoms with Crippen LogP contribution in [0.5, 0.6) is 5.88 Å². The lowest BCUT2D eigenvalue weighted by Crippen LogP contribution is -2.22. The molecule has 10 heteroatoms. The first-order chi connectivity index (χ1) is 14.9. The Hall–Kier alpha value is -3.19. The van der Waals surface area contributed by atoms with E-state index in [9.17, 15) is 13.6 Å². The third-order valence-corrected chi connectivity index (χ3v) is 4.94. The molecule has 2 heterocycles. The Kier molecular flexibility index (Phi) is 8.75. The van der Waals surface area contributed by atoms with E-state index in [-0.39, 0.29) is 34.7 Å². The molecule has 31 heavy (non-hydrogen) atoms. The fourth-order valence-corrected chi connectivity index (χ4v) is 3.62. The maximum atomic E-state index is 14.4. The number of aromatic nitrogens is 2. The average molecular weight is 448 g/mol. The molecule has 1 aliphatic rings. The van der Waals surface area contributed by atoms with E-state index >= 15 is 0 Å². The fourth-order valence-electron chi connectivity index (χ4n) is 2.75. The van der Waals surface area contributed by atoms with Crippen molar-refractivity contribution in [3.05, 3.63) is 47.4 Å². The Morgan fingerprint density at radius 2 is 2.10 bits per heavy atom. The van der Waals surface area contributed by atoms with Gasteiger partial charge in [0.25, 0.3) is 5.91 Å². The van der Waals surface area contributed by atoms with Gasteiger partial charge in [0.2, 0.25) is 5.88 Å². The van der Waals surface area contributed by atoms with Crippen LogP contribution in [0.4, 0.5) is 14.5 Å². The second kappa shape index (κ2) is 11.3. The number of rotatable bonds is 5. The van der Waals surface area contributed by atoms with E-state index < -0.39 is 23.6 Å². The molecule has 7 nitrogen and oxygen atoms in total. The smallest absolute Gasteiger partial charge is 0.275 e. The molecule has 1 amide bonds. The van der Waals surface area contributed by atoms with Crippen molar-refractivity contribution < 1.29 is 18.3 Å². The SMILES string of the molecule is C#CCOc1cnc(C(=O)Nc2cc(F)c(F)c(C3CC(C)SC(N)=N3)c2)cn1.CC. The van der Waals surface area contributed by atoms with Crippen molar-refractivity contribution in [3.8, 4) is 18.2 Å². The number of amides is 1. The molecule has 2 aromatic rings. The Labute approximate surface area is 183 Å². The minimum atomic E-state index is -1.10. The molecule has 0 radical (unpaired) electrons. The molecule has 2 unspecified atom stereocenters. The Balaban J connectivity index is 0.00000166. The number of hydrogen-bond donors (Lipinski definition) is 2. The molecular weight excluding hydrogens is 424 g/mol. The third kappa shape index (κ3) is 6.39. The number of nitrogens with two attached hydrogens (primary N) is 1. The normalized spacial score (nSPS) is 17.5. The lowest BCUT2D eigenvalue weighted by molar-refractivity contribution is 0.102. The second-order valence-electron chi connectivity index (χ2n) is 6.20. The first kappa shape index (κ1) is 24.1. The minimum Gasteiger partial charge on any atom is -0.463 e. The van der Waals surface area contributed by atoms with E-state index in [2.05, 4.69) is 26.2 Å². The summed E-state index contributed by atoms with van der Waals surface area (Å²) in [5.74, 6) is -0.315. The van der Waals surface area contributed by atoms with Gasteiger partial charge in [0.05, 0.1) is 18.4 Å². The number of anilines is 1. The van der Waals surface area contributed by atoms with E-state index in [1.54, 1.807) is 0 Å². The zero-order valence-corrected chi connectivity index (χ0v) is 18.2. The molecule has 0 saturated carbocycles. The number of halogens is 2. The molecule has 0 aliphatic carbocycles. The van der Waals surface area contributed by atoms with Crippen LogP contribution in [0.1, 0.15) is 49.3 Å². The summed E-state index contributed by atoms with van der Waals surface area (Å²) in [4.78, 5) is 24.4. The summed E-state index contributed by atoms with van der Waals surface area (Å²) < 4.78 is 33.6. The van der Waals surface area contributed by atoms with Crippen LogP contribution in [-0.2, 0) is 0 Å². The highest BCUT2D eigenvalue weighted by molar-refractivity contribution is 8.14. The van der Waals surface area contributed by atoms with Crippen LogP contribution in [0.2, 0.25) is 0 Å². The average Bonchev–Trinajstić information content (AvgIpc) is 2.75. The number of thioether (sulfide) groups is 1. The highest BCUT2D eigenvalue weighted by atomic mass is 32.2. The summed E-state index contributed by atoms with van der Waals surface area (Å²) in [6, 6.07) is 1.60. The summed E-state index contributed by atoms with van der Waals surface area (Å²) in [5, 5.41) is 2.90. The minimum absolute atomic E-state index is 0.0170. The number of hydrogen-bond acceptors (Lipinski definition) is 7. The number of terminal acetylenes is 1. The molecule has 0 saturated heterocycles. The number of benzene rings is 1. The van der Waals surface area contributed by atoms with Gasteiger partial charge in [-0.15, -0.1) is 6.42 Å². The number of nitrogens with one attached hydrogen (secondary N) is 1. The number of nitrogens with zero attached hydrogens (tertiary/aromatic N) is 3. The van der Waals surface area contributed by atoms with Crippen LogP contribution >= 0.6 is 11.8 Å². The summed E-state index contributed by atoms with van der Waals surface area (Å²) in [7, 11) is 0. The van der Waals surface area contributed by atoms with E-state index in [0.29, 0.717) is 11.6 Å². The fraction of sp³-hybridized carbons (Fsp3) is 0.333. The molecule has 1 aromatic heterocycles. The summed E-state index contributed by atoms with van der Waals surface area (Å²) in [6.45, 7) is 5.94. The van der Waals surface area contributed by atoms with Crippen molar-refractivity contribution in [1.29, 1.82) is 0 Å². The van der Waals surface area contributed by atoms with Crippen molar-refractivity contribution >= 4 is 28.5 Å². The Morgan fingerprint density at radius 1 is 1.35 bits per heavy atom. The van der Waals surface area contributed by atoms with Gasteiger partial charge in [-0.2, -0.15) is 0 Å². The standard InChI is InChI=1S/C19H17F2N5O2S.C2H6/c1-3-4-28-16-9-23-15(8-24-16)18(27)25-11-6-12(17(21)13(20)7-11)14-5-10(2)29-19(22)26-14;1-2/h1,6-10,14H,4-5H2,2H3,(H2,22,26)(H,25,27);1-2H3.